The van der Waals surface area contributed by atoms with E-state index in [9.17, 15) is 19.8 Å². The second-order valence-electron chi connectivity index (χ2n) is 11.4. The third-order valence-corrected chi connectivity index (χ3v) is 10.2. The number of fused-ring (bicyclic) bond motifs is 5. The van der Waals surface area contributed by atoms with Crippen LogP contribution in [0.15, 0.2) is 46.8 Å². The van der Waals surface area contributed by atoms with Crippen molar-refractivity contribution in [1.82, 2.24) is 0 Å². The number of ether oxygens (including phenoxy) is 1. The van der Waals surface area contributed by atoms with E-state index in [1.54, 1.807) is 25.5 Å². The molecule has 2 saturated carbocycles. The molecule has 0 aromatic carbocycles. The fourth-order valence-electron chi connectivity index (χ4n) is 8.62. The first-order chi connectivity index (χ1) is 15.5. The summed E-state index contributed by atoms with van der Waals surface area (Å²) < 4.78 is 10.5. The Morgan fingerprint density at radius 2 is 1.91 bits per heavy atom. The quantitative estimate of drug-likeness (QED) is 0.521. The minimum Gasteiger partial charge on any atom is -0.472 e. The first-order valence-electron chi connectivity index (χ1n) is 11.9. The summed E-state index contributed by atoms with van der Waals surface area (Å²) in [5.74, 6) is -1.37. The number of carbonyl (C=O) groups is 2. The average Bonchev–Trinajstić information content (AvgIpc) is 3.42. The van der Waals surface area contributed by atoms with Gasteiger partial charge in [-0.3, -0.25) is 9.59 Å². The van der Waals surface area contributed by atoms with Crippen molar-refractivity contribution in [2.75, 3.05) is 7.11 Å². The van der Waals surface area contributed by atoms with Crippen molar-refractivity contribution < 1.29 is 29.0 Å². The summed E-state index contributed by atoms with van der Waals surface area (Å²) in [4.78, 5) is 26.5. The van der Waals surface area contributed by atoms with Crippen LogP contribution < -0.4 is 0 Å². The number of hydrogen-bond donors (Lipinski definition) is 2. The highest BCUT2D eigenvalue weighted by Gasteiger charge is 2.73. The molecule has 4 aliphatic rings. The molecule has 0 radical (unpaired) electrons. The Bertz CT molecular complexity index is 1050. The van der Waals surface area contributed by atoms with E-state index in [1.807, 2.05) is 19.9 Å². The Morgan fingerprint density at radius 3 is 2.55 bits per heavy atom. The van der Waals surface area contributed by atoms with E-state index < -0.39 is 40.3 Å². The lowest BCUT2D eigenvalue weighted by Gasteiger charge is -2.66. The molecule has 1 aromatic rings. The van der Waals surface area contributed by atoms with E-state index in [0.717, 1.165) is 24.0 Å². The Kier molecular flexibility index (Phi) is 4.74. The molecule has 1 aromatic heterocycles. The van der Waals surface area contributed by atoms with Gasteiger partial charge < -0.3 is 19.4 Å². The molecule has 0 spiro atoms. The lowest BCUT2D eigenvalue weighted by atomic mass is 9.37. The molecule has 4 aliphatic carbocycles. The molecule has 1 heterocycles. The van der Waals surface area contributed by atoms with Crippen LogP contribution in [0.4, 0.5) is 0 Å². The highest BCUT2D eigenvalue weighted by Crippen LogP contribution is 2.72. The standard InChI is InChI=1S/C27H34O6/c1-24-11-8-18-26(3,17(24)7-6-16(24)15-10-13-33-14-15)22(30)20(29)21-25(2,23(31)32-5)12-9-19(28)27(18,21)4/h7,9-10,12-14,16,18,20-22,29-30H,6,8,11H2,1-5H3/t16-,18-,20+,21-,22+,24-,25+,26-,27-/m0/s1. The first kappa shape index (κ1) is 22.6. The monoisotopic (exact) mass is 454 g/mol. The van der Waals surface area contributed by atoms with Crippen LogP contribution in [0.5, 0.6) is 0 Å². The van der Waals surface area contributed by atoms with Gasteiger partial charge in [-0.05, 0) is 61.1 Å². The van der Waals surface area contributed by atoms with E-state index >= 15 is 0 Å². The number of methoxy groups -OCH3 is 1. The molecule has 178 valence electrons. The van der Waals surface area contributed by atoms with Crippen LogP contribution in [0.25, 0.3) is 0 Å². The van der Waals surface area contributed by atoms with Crippen molar-refractivity contribution in [3.05, 3.63) is 48.0 Å². The SMILES string of the molecule is COC(=O)[C@]1(C)C=CC(=O)[C@]2(C)[C@H]3CC[C@]4(C)C(=CC[C@H]4c4ccoc4)[C@]3(C)[C@H](O)[C@H](O)[C@H]21. The van der Waals surface area contributed by atoms with Crippen LogP contribution in [0.2, 0.25) is 0 Å². The number of allylic oxidation sites excluding steroid dienone is 2. The molecule has 6 heteroatoms. The van der Waals surface area contributed by atoms with Crippen molar-refractivity contribution in [3.63, 3.8) is 0 Å². The van der Waals surface area contributed by atoms with Gasteiger partial charge in [-0.25, -0.2) is 0 Å². The summed E-state index contributed by atoms with van der Waals surface area (Å²) in [5.41, 5.74) is -0.974. The Balaban J connectivity index is 1.65. The minimum absolute atomic E-state index is 0.0929. The number of ketones is 1. The van der Waals surface area contributed by atoms with Gasteiger partial charge >= 0.3 is 5.97 Å². The summed E-state index contributed by atoms with van der Waals surface area (Å²) in [6, 6.07) is 2.00. The number of esters is 1. The van der Waals surface area contributed by atoms with Gasteiger partial charge in [0.2, 0.25) is 0 Å². The van der Waals surface area contributed by atoms with E-state index in [2.05, 4.69) is 13.0 Å². The van der Waals surface area contributed by atoms with Gasteiger partial charge in [0.15, 0.2) is 5.78 Å². The summed E-state index contributed by atoms with van der Waals surface area (Å²) in [6.45, 7) is 7.84. The van der Waals surface area contributed by atoms with Crippen LogP contribution in [0.3, 0.4) is 0 Å². The van der Waals surface area contributed by atoms with Crippen molar-refractivity contribution in [3.8, 4) is 0 Å². The molecule has 2 N–H and O–H groups in total. The number of aliphatic hydroxyl groups is 2. The summed E-state index contributed by atoms with van der Waals surface area (Å²) in [5, 5.41) is 23.3. The first-order valence-corrected chi connectivity index (χ1v) is 11.9. The molecule has 5 rings (SSSR count). The maximum atomic E-state index is 13.6. The number of hydrogen-bond acceptors (Lipinski definition) is 6. The molecule has 6 nitrogen and oxygen atoms in total. The number of carbonyl (C=O) groups excluding carboxylic acids is 2. The zero-order valence-electron chi connectivity index (χ0n) is 20.0. The van der Waals surface area contributed by atoms with Crippen LogP contribution in [-0.4, -0.2) is 41.3 Å². The van der Waals surface area contributed by atoms with Gasteiger partial charge in [0, 0.05) is 16.7 Å². The number of rotatable bonds is 2. The van der Waals surface area contributed by atoms with Gasteiger partial charge in [0.25, 0.3) is 0 Å². The van der Waals surface area contributed by atoms with Gasteiger partial charge in [-0.2, -0.15) is 0 Å². The third-order valence-electron chi connectivity index (χ3n) is 10.2. The largest absolute Gasteiger partial charge is 0.472 e. The molecule has 2 fully saturated rings. The van der Waals surface area contributed by atoms with Gasteiger partial charge in [-0.15, -0.1) is 0 Å². The smallest absolute Gasteiger partial charge is 0.315 e. The van der Waals surface area contributed by atoms with E-state index in [-0.39, 0.29) is 23.0 Å². The zero-order chi connectivity index (χ0) is 24.0. The number of furan rings is 1. The molecular weight excluding hydrogens is 420 g/mol. The average molecular weight is 455 g/mol. The maximum Gasteiger partial charge on any atom is 0.315 e. The lowest BCUT2D eigenvalue weighted by Crippen LogP contribution is -2.71. The summed E-state index contributed by atoms with van der Waals surface area (Å²) in [7, 11) is 1.32. The molecular formula is C27H34O6. The second-order valence-corrected chi connectivity index (χ2v) is 11.4. The fraction of sp³-hybridized carbons (Fsp3) is 0.630. The van der Waals surface area contributed by atoms with E-state index in [0.29, 0.717) is 6.42 Å². The summed E-state index contributed by atoms with van der Waals surface area (Å²) >= 11 is 0. The lowest BCUT2D eigenvalue weighted by molar-refractivity contribution is -0.226. The highest BCUT2D eigenvalue weighted by molar-refractivity contribution is 5.99. The van der Waals surface area contributed by atoms with Crippen LogP contribution in [-0.2, 0) is 14.3 Å². The van der Waals surface area contributed by atoms with Crippen LogP contribution in [0.1, 0.15) is 58.4 Å². The topological polar surface area (TPSA) is 97.0 Å². The molecule has 0 unspecified atom stereocenters. The predicted octanol–water partition coefficient (Wildman–Crippen LogP) is 3.79. The summed E-state index contributed by atoms with van der Waals surface area (Å²) in [6.07, 6.45) is 8.77. The second kappa shape index (κ2) is 6.92. The maximum absolute atomic E-state index is 13.6. The van der Waals surface area contributed by atoms with Gasteiger partial charge in [0.05, 0.1) is 37.3 Å². The molecule has 0 bridgehead atoms. The van der Waals surface area contributed by atoms with Crippen molar-refractivity contribution >= 4 is 11.8 Å². The Hall–Kier alpha value is -2.18. The van der Waals surface area contributed by atoms with Crippen molar-refractivity contribution in [2.45, 2.75) is 65.1 Å². The van der Waals surface area contributed by atoms with Crippen LogP contribution in [0, 0.1) is 33.5 Å². The highest BCUT2D eigenvalue weighted by atomic mass is 16.5. The molecule has 0 aliphatic heterocycles. The number of aliphatic hydroxyl groups excluding tert-OH is 2. The molecule has 33 heavy (non-hydrogen) atoms. The van der Waals surface area contributed by atoms with Crippen molar-refractivity contribution in [1.29, 1.82) is 0 Å². The molecule has 0 amide bonds. The minimum atomic E-state index is -1.26. The Morgan fingerprint density at radius 1 is 1.18 bits per heavy atom. The predicted molar refractivity (Wildman–Crippen MR) is 121 cm³/mol. The fourth-order valence-corrected chi connectivity index (χ4v) is 8.62. The third kappa shape index (κ3) is 2.51. The normalized spacial score (nSPS) is 48.5. The van der Waals surface area contributed by atoms with Crippen LogP contribution >= 0.6 is 0 Å². The molecule has 0 saturated heterocycles. The van der Waals surface area contributed by atoms with Crippen molar-refractivity contribution in [2.24, 2.45) is 33.5 Å². The van der Waals surface area contributed by atoms with E-state index in [4.69, 9.17) is 9.15 Å². The van der Waals surface area contributed by atoms with Gasteiger partial charge in [0.1, 0.15) is 0 Å². The van der Waals surface area contributed by atoms with Gasteiger partial charge in [-0.1, -0.05) is 38.5 Å². The van der Waals surface area contributed by atoms with E-state index in [1.165, 1.54) is 13.2 Å². The molecule has 9 atom stereocenters. The Labute approximate surface area is 194 Å². The zero-order valence-corrected chi connectivity index (χ0v) is 20.0.